The zero-order chi connectivity index (χ0) is 18.5. The summed E-state index contributed by atoms with van der Waals surface area (Å²) in [6.45, 7) is 1.83. The van der Waals surface area contributed by atoms with Gasteiger partial charge in [-0.15, -0.1) is 0 Å². The Labute approximate surface area is 152 Å². The molecular formula is C19H23N3O4. The van der Waals surface area contributed by atoms with E-state index in [9.17, 15) is 4.79 Å². The Morgan fingerprint density at radius 3 is 2.54 bits per heavy atom. The van der Waals surface area contributed by atoms with Gasteiger partial charge in [0.2, 0.25) is 11.8 Å². The van der Waals surface area contributed by atoms with Crippen LogP contribution in [0.15, 0.2) is 36.7 Å². The van der Waals surface area contributed by atoms with Crippen molar-refractivity contribution in [2.24, 2.45) is 5.92 Å². The van der Waals surface area contributed by atoms with Gasteiger partial charge in [-0.2, -0.15) is 4.98 Å². The zero-order valence-electron chi connectivity index (χ0n) is 15.2. The molecule has 2 atom stereocenters. The van der Waals surface area contributed by atoms with Crippen molar-refractivity contribution in [2.75, 3.05) is 41.0 Å². The lowest BCUT2D eigenvalue weighted by Gasteiger charge is -2.18. The first kappa shape index (κ1) is 18.1. The SMILES string of the molecule is COCC1CN(C(=O)c2ccc(OC)nc2OC)CC1c1ccncc1. The van der Waals surface area contributed by atoms with Crippen LogP contribution in [0.1, 0.15) is 21.8 Å². The quantitative estimate of drug-likeness (QED) is 0.787. The molecule has 2 unspecified atom stereocenters. The van der Waals surface area contributed by atoms with Crippen molar-refractivity contribution < 1.29 is 19.0 Å². The van der Waals surface area contributed by atoms with E-state index in [0.717, 1.165) is 5.56 Å². The molecule has 0 saturated carbocycles. The van der Waals surface area contributed by atoms with Crippen LogP contribution in [0.4, 0.5) is 0 Å². The maximum atomic E-state index is 13.1. The second-order valence-electron chi connectivity index (χ2n) is 6.22. The standard InChI is InChI=1S/C19H23N3O4/c1-24-12-14-10-22(11-16(14)13-6-8-20-9-7-13)19(23)15-4-5-17(25-2)21-18(15)26-3/h4-9,14,16H,10-12H2,1-3H3. The minimum Gasteiger partial charge on any atom is -0.481 e. The number of hydrogen-bond donors (Lipinski definition) is 0. The van der Waals surface area contributed by atoms with Crippen molar-refractivity contribution in [3.8, 4) is 11.8 Å². The molecule has 0 bridgehead atoms. The minimum absolute atomic E-state index is 0.102. The van der Waals surface area contributed by atoms with Crippen LogP contribution in [-0.4, -0.2) is 61.8 Å². The molecule has 1 aliphatic rings. The highest BCUT2D eigenvalue weighted by Crippen LogP contribution is 2.34. The van der Waals surface area contributed by atoms with Crippen LogP contribution in [0.25, 0.3) is 0 Å². The number of pyridine rings is 2. The molecular weight excluding hydrogens is 334 g/mol. The molecule has 2 aromatic rings. The molecule has 138 valence electrons. The molecule has 1 saturated heterocycles. The highest BCUT2D eigenvalue weighted by molar-refractivity contribution is 5.96. The van der Waals surface area contributed by atoms with Crippen molar-refractivity contribution in [2.45, 2.75) is 5.92 Å². The van der Waals surface area contributed by atoms with E-state index in [1.807, 2.05) is 17.0 Å². The van der Waals surface area contributed by atoms with E-state index in [1.54, 1.807) is 31.6 Å². The first-order chi connectivity index (χ1) is 12.7. The normalized spacial score (nSPS) is 19.4. The molecule has 3 rings (SSSR count). The number of ether oxygens (including phenoxy) is 3. The lowest BCUT2D eigenvalue weighted by molar-refractivity contribution is 0.0771. The van der Waals surface area contributed by atoms with Crippen LogP contribution >= 0.6 is 0 Å². The van der Waals surface area contributed by atoms with Crippen molar-refractivity contribution in [3.05, 3.63) is 47.8 Å². The van der Waals surface area contributed by atoms with Gasteiger partial charge in [0, 0.05) is 50.5 Å². The fourth-order valence-electron chi connectivity index (χ4n) is 3.43. The number of aromatic nitrogens is 2. The Hall–Kier alpha value is -2.67. The van der Waals surface area contributed by atoms with Crippen LogP contribution in [0.5, 0.6) is 11.8 Å². The molecule has 0 radical (unpaired) electrons. The molecule has 0 aromatic carbocycles. The summed E-state index contributed by atoms with van der Waals surface area (Å²) in [6.07, 6.45) is 3.56. The lowest BCUT2D eigenvalue weighted by atomic mass is 9.90. The second kappa shape index (κ2) is 8.14. The number of methoxy groups -OCH3 is 3. The van der Waals surface area contributed by atoms with Crippen LogP contribution in [0, 0.1) is 5.92 Å². The van der Waals surface area contributed by atoms with Crippen molar-refractivity contribution in [3.63, 3.8) is 0 Å². The summed E-state index contributed by atoms with van der Waals surface area (Å²) in [6, 6.07) is 7.35. The highest BCUT2D eigenvalue weighted by Gasteiger charge is 2.37. The van der Waals surface area contributed by atoms with Gasteiger partial charge in [0.15, 0.2) is 0 Å². The summed E-state index contributed by atoms with van der Waals surface area (Å²) in [5.74, 6) is 1.01. The predicted molar refractivity (Wildman–Crippen MR) is 95.6 cm³/mol. The number of amides is 1. The largest absolute Gasteiger partial charge is 0.481 e. The van der Waals surface area contributed by atoms with Crippen molar-refractivity contribution in [1.29, 1.82) is 0 Å². The van der Waals surface area contributed by atoms with E-state index >= 15 is 0 Å². The number of carbonyl (C=O) groups excluding carboxylic acids is 1. The first-order valence-electron chi connectivity index (χ1n) is 8.45. The van der Waals surface area contributed by atoms with E-state index < -0.39 is 0 Å². The number of likely N-dealkylation sites (tertiary alicyclic amines) is 1. The Morgan fingerprint density at radius 2 is 1.88 bits per heavy atom. The van der Waals surface area contributed by atoms with Gasteiger partial charge < -0.3 is 19.1 Å². The molecule has 26 heavy (non-hydrogen) atoms. The molecule has 3 heterocycles. The van der Waals surface area contributed by atoms with Gasteiger partial charge in [0.05, 0.1) is 20.8 Å². The molecule has 1 aliphatic heterocycles. The summed E-state index contributed by atoms with van der Waals surface area (Å²) in [7, 11) is 4.71. The Kier molecular flexibility index (Phi) is 5.68. The molecule has 1 amide bonds. The number of hydrogen-bond acceptors (Lipinski definition) is 6. The monoisotopic (exact) mass is 357 g/mol. The van der Waals surface area contributed by atoms with Crippen LogP contribution in [0.2, 0.25) is 0 Å². The zero-order valence-corrected chi connectivity index (χ0v) is 15.2. The maximum Gasteiger partial charge on any atom is 0.259 e. The van der Waals surface area contributed by atoms with E-state index in [0.29, 0.717) is 31.1 Å². The molecule has 2 aromatic heterocycles. The van der Waals surface area contributed by atoms with Gasteiger partial charge in [-0.05, 0) is 23.8 Å². The van der Waals surface area contributed by atoms with Gasteiger partial charge in [0.1, 0.15) is 5.56 Å². The van der Waals surface area contributed by atoms with E-state index in [4.69, 9.17) is 14.2 Å². The Balaban J connectivity index is 1.84. The van der Waals surface area contributed by atoms with Crippen LogP contribution in [0.3, 0.4) is 0 Å². The topological polar surface area (TPSA) is 73.8 Å². The summed E-state index contributed by atoms with van der Waals surface area (Å²) in [4.78, 5) is 23.2. The summed E-state index contributed by atoms with van der Waals surface area (Å²) in [5, 5.41) is 0. The van der Waals surface area contributed by atoms with Gasteiger partial charge >= 0.3 is 0 Å². The average Bonchev–Trinajstić information content (AvgIpc) is 3.11. The number of nitrogens with zero attached hydrogens (tertiary/aromatic N) is 3. The van der Waals surface area contributed by atoms with Gasteiger partial charge in [-0.3, -0.25) is 9.78 Å². The first-order valence-corrected chi connectivity index (χ1v) is 8.45. The molecule has 1 fully saturated rings. The average molecular weight is 357 g/mol. The molecule has 0 aliphatic carbocycles. The maximum absolute atomic E-state index is 13.1. The van der Waals surface area contributed by atoms with Gasteiger partial charge in [-0.25, -0.2) is 0 Å². The lowest BCUT2D eigenvalue weighted by Crippen LogP contribution is -2.29. The third-order valence-electron chi connectivity index (χ3n) is 4.71. The highest BCUT2D eigenvalue weighted by atomic mass is 16.5. The van der Waals surface area contributed by atoms with Crippen LogP contribution < -0.4 is 9.47 Å². The minimum atomic E-state index is -0.102. The third-order valence-corrected chi connectivity index (χ3v) is 4.71. The third kappa shape index (κ3) is 3.62. The van der Waals surface area contributed by atoms with Crippen molar-refractivity contribution >= 4 is 5.91 Å². The fourth-order valence-corrected chi connectivity index (χ4v) is 3.43. The molecule has 7 nitrogen and oxygen atoms in total. The van der Waals surface area contributed by atoms with Gasteiger partial charge in [0.25, 0.3) is 5.91 Å². The predicted octanol–water partition coefficient (Wildman–Crippen LogP) is 2.00. The Morgan fingerprint density at radius 1 is 1.12 bits per heavy atom. The van der Waals surface area contributed by atoms with E-state index in [2.05, 4.69) is 9.97 Å². The smallest absolute Gasteiger partial charge is 0.259 e. The van der Waals surface area contributed by atoms with E-state index in [1.165, 1.54) is 14.2 Å². The van der Waals surface area contributed by atoms with Gasteiger partial charge in [-0.1, -0.05) is 0 Å². The second-order valence-corrected chi connectivity index (χ2v) is 6.22. The summed E-state index contributed by atoms with van der Waals surface area (Å²) in [5.41, 5.74) is 1.59. The molecule has 0 spiro atoms. The summed E-state index contributed by atoms with van der Waals surface area (Å²) < 4.78 is 15.8. The molecule has 0 N–H and O–H groups in total. The Bertz CT molecular complexity index is 754. The fraction of sp³-hybridized carbons (Fsp3) is 0.421. The number of carbonyl (C=O) groups is 1. The number of rotatable bonds is 6. The summed E-state index contributed by atoms with van der Waals surface area (Å²) >= 11 is 0. The van der Waals surface area contributed by atoms with Crippen molar-refractivity contribution in [1.82, 2.24) is 14.9 Å². The van der Waals surface area contributed by atoms with Crippen LogP contribution in [-0.2, 0) is 4.74 Å². The molecule has 7 heteroatoms. The van der Waals surface area contributed by atoms with E-state index in [-0.39, 0.29) is 23.6 Å².